The average molecular weight is 438 g/mol. The molecular weight excluding hydrogens is 414 g/mol. The van der Waals surface area contributed by atoms with Crippen molar-refractivity contribution in [1.29, 1.82) is 0 Å². The van der Waals surface area contributed by atoms with Crippen LogP contribution in [0.15, 0.2) is 137 Å². The highest BCUT2D eigenvalue weighted by molar-refractivity contribution is 5.87. The highest BCUT2D eigenvalue weighted by Crippen LogP contribution is 2.30. The van der Waals surface area contributed by atoms with Crippen LogP contribution in [0.25, 0.3) is 22.3 Å². The maximum Gasteiger partial charge on any atom is 0.0820 e. The molecule has 162 valence electrons. The van der Waals surface area contributed by atoms with Crippen molar-refractivity contribution in [3.05, 3.63) is 139 Å². The Kier molecular flexibility index (Phi) is 6.45. The maximum absolute atomic E-state index is 4.73. The molecule has 0 aliphatic rings. The van der Waals surface area contributed by atoms with E-state index in [9.17, 15) is 0 Å². The summed E-state index contributed by atoms with van der Waals surface area (Å²) in [5, 5.41) is 0. The van der Waals surface area contributed by atoms with Gasteiger partial charge in [-0.3, -0.25) is 9.98 Å². The van der Waals surface area contributed by atoms with Crippen molar-refractivity contribution >= 4 is 23.8 Å². The van der Waals surface area contributed by atoms with Crippen molar-refractivity contribution in [2.75, 3.05) is 0 Å². The Morgan fingerprint density at radius 1 is 0.412 bits per heavy atom. The Bertz CT molecular complexity index is 1330. The van der Waals surface area contributed by atoms with Crippen LogP contribution in [0.2, 0.25) is 0 Å². The summed E-state index contributed by atoms with van der Waals surface area (Å²) in [4.78, 5) is 14.2. The smallest absolute Gasteiger partial charge is 0.0820 e. The molecule has 0 saturated heterocycles. The third kappa shape index (κ3) is 5.05. The van der Waals surface area contributed by atoms with Gasteiger partial charge in [-0.25, -0.2) is 4.98 Å². The molecular formula is C31H23N3. The number of aromatic nitrogens is 1. The number of hydrogen-bond acceptors (Lipinski definition) is 3. The lowest BCUT2D eigenvalue weighted by atomic mass is 10.0. The second-order valence-corrected chi connectivity index (χ2v) is 7.77. The Morgan fingerprint density at radius 3 is 1.29 bits per heavy atom. The van der Waals surface area contributed by atoms with Crippen LogP contribution in [0.5, 0.6) is 0 Å². The predicted molar refractivity (Wildman–Crippen MR) is 143 cm³/mol. The molecule has 34 heavy (non-hydrogen) atoms. The van der Waals surface area contributed by atoms with Crippen molar-refractivity contribution in [3.8, 4) is 22.3 Å². The van der Waals surface area contributed by atoms with E-state index in [1.807, 2.05) is 91.0 Å². The number of benzene rings is 4. The van der Waals surface area contributed by atoms with E-state index in [2.05, 4.69) is 36.4 Å². The second kappa shape index (κ2) is 10.3. The molecule has 0 fully saturated rings. The van der Waals surface area contributed by atoms with Crippen molar-refractivity contribution in [2.24, 2.45) is 9.98 Å². The first-order valence-electron chi connectivity index (χ1n) is 11.2. The lowest BCUT2D eigenvalue weighted by Crippen LogP contribution is -1.93. The van der Waals surface area contributed by atoms with Crippen molar-refractivity contribution in [3.63, 3.8) is 0 Å². The predicted octanol–water partition coefficient (Wildman–Crippen LogP) is 7.92. The molecule has 0 aliphatic heterocycles. The van der Waals surface area contributed by atoms with Crippen LogP contribution >= 0.6 is 0 Å². The quantitative estimate of drug-likeness (QED) is 0.249. The van der Waals surface area contributed by atoms with Crippen LogP contribution in [-0.2, 0) is 0 Å². The Morgan fingerprint density at radius 2 is 0.824 bits per heavy atom. The van der Waals surface area contributed by atoms with E-state index in [1.54, 1.807) is 12.4 Å². The second-order valence-electron chi connectivity index (χ2n) is 7.77. The summed E-state index contributed by atoms with van der Waals surface area (Å²) in [5.41, 5.74) is 7.84. The van der Waals surface area contributed by atoms with Crippen LogP contribution in [-0.4, -0.2) is 17.4 Å². The van der Waals surface area contributed by atoms with Gasteiger partial charge >= 0.3 is 0 Å². The molecule has 0 amide bonds. The van der Waals surface area contributed by atoms with Crippen LogP contribution in [0.3, 0.4) is 0 Å². The van der Waals surface area contributed by atoms with Gasteiger partial charge in [-0.2, -0.15) is 0 Å². The van der Waals surface area contributed by atoms with E-state index < -0.39 is 0 Å². The Labute approximate surface area is 199 Å². The topological polar surface area (TPSA) is 37.6 Å². The third-order valence-electron chi connectivity index (χ3n) is 5.44. The molecule has 5 aromatic rings. The van der Waals surface area contributed by atoms with Gasteiger partial charge in [0, 0.05) is 11.1 Å². The van der Waals surface area contributed by atoms with E-state index in [0.717, 1.165) is 45.0 Å². The fourth-order valence-corrected chi connectivity index (χ4v) is 3.78. The number of para-hydroxylation sites is 2. The normalized spacial score (nSPS) is 11.3. The van der Waals surface area contributed by atoms with Crippen LogP contribution in [0.4, 0.5) is 11.4 Å². The summed E-state index contributed by atoms with van der Waals surface area (Å²) in [6.07, 6.45) is 3.61. The monoisotopic (exact) mass is 437 g/mol. The molecule has 0 atom stereocenters. The number of pyridine rings is 1. The van der Waals surface area contributed by atoms with E-state index >= 15 is 0 Å². The summed E-state index contributed by atoms with van der Waals surface area (Å²) >= 11 is 0. The van der Waals surface area contributed by atoms with E-state index in [4.69, 9.17) is 15.0 Å². The third-order valence-corrected chi connectivity index (χ3v) is 5.44. The van der Waals surface area contributed by atoms with Crippen molar-refractivity contribution < 1.29 is 0 Å². The van der Waals surface area contributed by atoms with Gasteiger partial charge in [0.15, 0.2) is 0 Å². The maximum atomic E-state index is 4.73. The molecule has 1 aromatic heterocycles. The molecule has 0 saturated carbocycles. The first-order chi connectivity index (χ1) is 16.9. The first-order valence-corrected chi connectivity index (χ1v) is 11.2. The molecule has 1 heterocycles. The first kappa shape index (κ1) is 21.2. The lowest BCUT2D eigenvalue weighted by Gasteiger charge is -2.06. The van der Waals surface area contributed by atoms with Gasteiger partial charge in [0.05, 0.1) is 35.2 Å². The van der Waals surface area contributed by atoms with Gasteiger partial charge < -0.3 is 0 Å². The van der Waals surface area contributed by atoms with E-state index in [0.29, 0.717) is 0 Å². The van der Waals surface area contributed by atoms with Gasteiger partial charge in [0.25, 0.3) is 0 Å². The molecule has 0 spiro atoms. The number of rotatable bonds is 6. The minimum Gasteiger partial charge on any atom is -0.254 e. The van der Waals surface area contributed by atoms with Crippen molar-refractivity contribution in [2.45, 2.75) is 0 Å². The fourth-order valence-electron chi connectivity index (χ4n) is 3.78. The zero-order valence-corrected chi connectivity index (χ0v) is 18.6. The fraction of sp³-hybridized carbons (Fsp3) is 0. The van der Waals surface area contributed by atoms with Crippen LogP contribution < -0.4 is 0 Å². The van der Waals surface area contributed by atoms with Crippen LogP contribution in [0, 0.1) is 0 Å². The van der Waals surface area contributed by atoms with Gasteiger partial charge in [0.1, 0.15) is 0 Å². The number of aliphatic imine (C=N–C) groups is 2. The largest absolute Gasteiger partial charge is 0.254 e. The summed E-state index contributed by atoms with van der Waals surface area (Å²) in [7, 11) is 0. The molecule has 3 heteroatoms. The van der Waals surface area contributed by atoms with Crippen LogP contribution in [0.1, 0.15) is 11.4 Å². The molecule has 0 bridgehead atoms. The summed E-state index contributed by atoms with van der Waals surface area (Å²) in [6, 6.07) is 42.7. The molecule has 0 unspecified atom stereocenters. The lowest BCUT2D eigenvalue weighted by molar-refractivity contribution is 1.27. The molecule has 0 aliphatic carbocycles. The molecule has 5 rings (SSSR count). The van der Waals surface area contributed by atoms with Gasteiger partial charge in [-0.15, -0.1) is 0 Å². The van der Waals surface area contributed by atoms with E-state index in [-0.39, 0.29) is 0 Å². The van der Waals surface area contributed by atoms with E-state index in [1.165, 1.54) is 0 Å². The molecule has 0 radical (unpaired) electrons. The molecule has 3 nitrogen and oxygen atoms in total. The zero-order valence-electron chi connectivity index (χ0n) is 18.6. The number of hydrogen-bond donors (Lipinski definition) is 0. The highest BCUT2D eigenvalue weighted by atomic mass is 14.8. The van der Waals surface area contributed by atoms with Gasteiger partial charge in [-0.1, -0.05) is 103 Å². The zero-order chi connectivity index (χ0) is 23.0. The standard InChI is InChI=1S/C31H23N3/c1-3-12-24(13-4-1)28-18-7-9-20-30(28)32-22-26-16-11-17-27(34-26)23-33-31-21-10-8-19-29(31)25-14-5-2-6-15-25/h1-23H/b32-22+,33-23+. The minimum absolute atomic E-state index is 0.781. The summed E-state index contributed by atoms with van der Waals surface area (Å²) in [5.74, 6) is 0. The average Bonchev–Trinajstić information content (AvgIpc) is 2.92. The Hall–Kier alpha value is -4.63. The highest BCUT2D eigenvalue weighted by Gasteiger charge is 2.04. The molecule has 0 N–H and O–H groups in total. The summed E-state index contributed by atoms with van der Waals surface area (Å²) < 4.78 is 0. The SMILES string of the molecule is C(=N\c1ccccc1-c1ccccc1)/c1cccc(/C=N/c2ccccc2-c2ccccc2)n1. The van der Waals surface area contributed by atoms with Gasteiger partial charge in [-0.05, 0) is 35.4 Å². The summed E-state index contributed by atoms with van der Waals surface area (Å²) in [6.45, 7) is 0. The minimum atomic E-state index is 0.781. The number of nitrogens with zero attached hydrogens (tertiary/aromatic N) is 3. The Balaban J connectivity index is 1.39. The van der Waals surface area contributed by atoms with Gasteiger partial charge in [0.2, 0.25) is 0 Å². The molecule has 4 aromatic carbocycles. The van der Waals surface area contributed by atoms with Crippen molar-refractivity contribution in [1.82, 2.24) is 4.98 Å².